The average molecular weight is 462 g/mol. The molecule has 0 unspecified atom stereocenters. The molecular weight excluding hydrogens is 446 g/mol. The van der Waals surface area contributed by atoms with Gasteiger partial charge in [0, 0.05) is 31.3 Å². The number of benzene rings is 1. The van der Waals surface area contributed by atoms with Crippen LogP contribution in [0, 0.1) is 11.6 Å². The van der Waals surface area contributed by atoms with E-state index in [1.165, 1.54) is 34.5 Å². The lowest BCUT2D eigenvalue weighted by Crippen LogP contribution is -2.02. The van der Waals surface area contributed by atoms with Crippen LogP contribution in [0.25, 0.3) is 38.2 Å². The molecule has 5 aromatic rings. The molecule has 1 aromatic carbocycles. The van der Waals surface area contributed by atoms with E-state index in [0.29, 0.717) is 24.6 Å². The Kier molecular flexibility index (Phi) is 4.54. The van der Waals surface area contributed by atoms with Gasteiger partial charge in [-0.25, -0.2) is 23.4 Å². The second kappa shape index (κ2) is 7.59. The first-order valence-corrected chi connectivity index (χ1v) is 11.0. The highest BCUT2D eigenvalue weighted by Gasteiger charge is 2.24. The number of thiophene rings is 1. The first kappa shape index (κ1) is 19.7. The number of rotatable bonds is 3. The summed E-state index contributed by atoms with van der Waals surface area (Å²) in [5.41, 5.74) is 3.66. The maximum Gasteiger partial charge on any atom is 0.173 e. The quantitative estimate of drug-likeness (QED) is 0.390. The molecule has 0 saturated carbocycles. The van der Waals surface area contributed by atoms with Gasteiger partial charge in [0.2, 0.25) is 0 Å². The Morgan fingerprint density at radius 2 is 2.00 bits per heavy atom. The second-order valence-corrected chi connectivity index (χ2v) is 8.65. The summed E-state index contributed by atoms with van der Waals surface area (Å²) >= 11 is 1.49. The molecule has 0 saturated heterocycles. The Bertz CT molecular complexity index is 1500. The number of aromatic nitrogens is 6. The molecule has 1 aliphatic heterocycles. The van der Waals surface area contributed by atoms with Gasteiger partial charge >= 0.3 is 0 Å². The first-order chi connectivity index (χ1) is 16.1. The Balaban J connectivity index is 1.47. The zero-order valence-corrected chi connectivity index (χ0v) is 18.2. The highest BCUT2D eigenvalue weighted by molar-refractivity contribution is 7.19. The minimum absolute atomic E-state index is 0.133. The van der Waals surface area contributed by atoms with Gasteiger partial charge in [-0.15, -0.1) is 11.3 Å². The fourth-order valence-corrected chi connectivity index (χ4v) is 5.06. The lowest BCUT2D eigenvalue weighted by Gasteiger charge is -2.08. The van der Waals surface area contributed by atoms with E-state index in [-0.39, 0.29) is 5.69 Å². The molecule has 0 radical (unpaired) electrons. The monoisotopic (exact) mass is 462 g/mol. The standard InChI is InChI=1S/C23H16F2N6OS/c1-30-11-14(10-27-30)17-3-5-19-21(29-17)22-13(6-7-32-19)8-20(33-22)23-26-12-28-31(23)18-4-2-15(24)9-16(18)25/h2-5,8-12H,6-7H2,1H3. The van der Waals surface area contributed by atoms with Gasteiger partial charge in [-0.05, 0) is 35.9 Å². The molecule has 0 bridgehead atoms. The molecular formula is C23H16F2N6OS. The molecule has 0 N–H and O–H groups in total. The Hall–Kier alpha value is -3.92. The van der Waals surface area contributed by atoms with Crippen molar-refractivity contribution in [2.75, 3.05) is 6.61 Å². The number of nitrogens with zero attached hydrogens (tertiary/aromatic N) is 6. The highest BCUT2D eigenvalue weighted by Crippen LogP contribution is 2.43. The summed E-state index contributed by atoms with van der Waals surface area (Å²) in [5, 5.41) is 8.41. The molecule has 0 spiro atoms. The molecule has 5 heterocycles. The first-order valence-electron chi connectivity index (χ1n) is 10.2. The van der Waals surface area contributed by atoms with Crippen LogP contribution in [-0.4, -0.2) is 36.1 Å². The van der Waals surface area contributed by atoms with Crippen LogP contribution in [0.5, 0.6) is 5.75 Å². The van der Waals surface area contributed by atoms with Crippen LogP contribution in [0.1, 0.15) is 5.56 Å². The minimum atomic E-state index is -0.707. The van der Waals surface area contributed by atoms with Crippen molar-refractivity contribution in [3.8, 4) is 44.0 Å². The number of pyridine rings is 1. The molecule has 0 atom stereocenters. The second-order valence-electron chi connectivity index (χ2n) is 7.60. The molecule has 0 aliphatic carbocycles. The van der Waals surface area contributed by atoms with Gasteiger partial charge in [0.05, 0.1) is 28.3 Å². The maximum atomic E-state index is 14.4. The molecule has 6 rings (SSSR count). The normalized spacial score (nSPS) is 12.7. The number of ether oxygens (including phenoxy) is 1. The molecule has 0 fully saturated rings. The third-order valence-electron chi connectivity index (χ3n) is 5.42. The predicted molar refractivity (Wildman–Crippen MR) is 119 cm³/mol. The van der Waals surface area contributed by atoms with Crippen molar-refractivity contribution in [1.29, 1.82) is 0 Å². The number of halogens is 2. The SMILES string of the molecule is Cn1cc(-c2ccc3c(n2)-c2sc(-c4ncnn4-c4ccc(F)cc4F)cc2CCO3)cn1. The molecule has 164 valence electrons. The van der Waals surface area contributed by atoms with Gasteiger partial charge < -0.3 is 4.74 Å². The van der Waals surface area contributed by atoms with E-state index in [2.05, 4.69) is 15.2 Å². The van der Waals surface area contributed by atoms with Crippen molar-refractivity contribution in [2.45, 2.75) is 6.42 Å². The van der Waals surface area contributed by atoms with Crippen LogP contribution < -0.4 is 4.74 Å². The summed E-state index contributed by atoms with van der Waals surface area (Å²) in [6.45, 7) is 0.517. The summed E-state index contributed by atoms with van der Waals surface area (Å²) in [6.07, 6.45) is 5.74. The third-order valence-corrected chi connectivity index (χ3v) is 6.60. The summed E-state index contributed by atoms with van der Waals surface area (Å²) in [4.78, 5) is 11.0. The van der Waals surface area contributed by atoms with Gasteiger partial charge in [0.25, 0.3) is 0 Å². The lowest BCUT2D eigenvalue weighted by molar-refractivity contribution is 0.325. The van der Waals surface area contributed by atoms with Crippen molar-refractivity contribution >= 4 is 11.3 Å². The zero-order chi connectivity index (χ0) is 22.5. The van der Waals surface area contributed by atoms with Crippen LogP contribution in [0.4, 0.5) is 8.78 Å². The van der Waals surface area contributed by atoms with E-state index >= 15 is 0 Å². The van der Waals surface area contributed by atoms with Crippen molar-refractivity contribution in [2.24, 2.45) is 7.05 Å². The van der Waals surface area contributed by atoms with E-state index in [0.717, 1.165) is 38.3 Å². The predicted octanol–water partition coefficient (Wildman–Crippen LogP) is 4.67. The van der Waals surface area contributed by atoms with Crippen LogP contribution in [0.15, 0.2) is 55.1 Å². The van der Waals surface area contributed by atoms with Crippen LogP contribution in [-0.2, 0) is 13.5 Å². The Morgan fingerprint density at radius 3 is 2.82 bits per heavy atom. The van der Waals surface area contributed by atoms with E-state index in [4.69, 9.17) is 9.72 Å². The van der Waals surface area contributed by atoms with Gasteiger partial charge in [-0.2, -0.15) is 10.2 Å². The van der Waals surface area contributed by atoms with Gasteiger partial charge in [0.15, 0.2) is 11.6 Å². The molecule has 10 heteroatoms. The number of fused-ring (bicyclic) bond motifs is 3. The highest BCUT2D eigenvalue weighted by atomic mass is 32.1. The summed E-state index contributed by atoms with van der Waals surface area (Å²) < 4.78 is 36.9. The van der Waals surface area contributed by atoms with Crippen LogP contribution >= 0.6 is 11.3 Å². The molecule has 1 aliphatic rings. The van der Waals surface area contributed by atoms with Crippen molar-refractivity contribution in [3.05, 3.63) is 72.3 Å². The topological polar surface area (TPSA) is 70.7 Å². The lowest BCUT2D eigenvalue weighted by atomic mass is 10.1. The summed E-state index contributed by atoms with van der Waals surface area (Å²) in [7, 11) is 1.86. The van der Waals surface area contributed by atoms with Gasteiger partial charge in [0.1, 0.15) is 29.3 Å². The van der Waals surface area contributed by atoms with E-state index in [9.17, 15) is 8.78 Å². The van der Waals surface area contributed by atoms with Gasteiger partial charge in [-0.1, -0.05) is 0 Å². The summed E-state index contributed by atoms with van der Waals surface area (Å²) in [5.74, 6) is -0.167. The van der Waals surface area contributed by atoms with E-state index < -0.39 is 11.6 Å². The fourth-order valence-electron chi connectivity index (χ4n) is 3.87. The van der Waals surface area contributed by atoms with Crippen molar-refractivity contribution < 1.29 is 13.5 Å². The maximum absolute atomic E-state index is 14.4. The van der Waals surface area contributed by atoms with E-state index in [1.807, 2.05) is 31.4 Å². The number of aryl methyl sites for hydroxylation is 1. The fraction of sp³-hybridized carbons (Fsp3) is 0.130. The van der Waals surface area contributed by atoms with Crippen molar-refractivity contribution in [3.63, 3.8) is 0 Å². The third kappa shape index (κ3) is 3.39. The van der Waals surface area contributed by atoms with Crippen LogP contribution in [0.2, 0.25) is 0 Å². The molecule has 7 nitrogen and oxygen atoms in total. The summed E-state index contributed by atoms with van der Waals surface area (Å²) in [6, 6.07) is 9.25. The molecule has 4 aromatic heterocycles. The average Bonchev–Trinajstić information content (AvgIpc) is 3.52. The number of hydrogen-bond donors (Lipinski definition) is 0. The Labute approximate surface area is 190 Å². The van der Waals surface area contributed by atoms with Crippen LogP contribution in [0.3, 0.4) is 0 Å². The van der Waals surface area contributed by atoms with Crippen molar-refractivity contribution in [1.82, 2.24) is 29.5 Å². The minimum Gasteiger partial charge on any atom is -0.491 e. The van der Waals surface area contributed by atoms with E-state index in [1.54, 1.807) is 10.9 Å². The Morgan fingerprint density at radius 1 is 1.09 bits per heavy atom. The number of hydrogen-bond acceptors (Lipinski definition) is 6. The largest absolute Gasteiger partial charge is 0.491 e. The van der Waals surface area contributed by atoms with Gasteiger partial charge in [-0.3, -0.25) is 4.68 Å². The zero-order valence-electron chi connectivity index (χ0n) is 17.4. The molecule has 0 amide bonds. The smallest absolute Gasteiger partial charge is 0.173 e. The molecule has 33 heavy (non-hydrogen) atoms.